The van der Waals surface area contributed by atoms with Crippen LogP contribution >= 0.6 is 0 Å². The van der Waals surface area contributed by atoms with Gasteiger partial charge in [0, 0.05) is 18.8 Å². The summed E-state index contributed by atoms with van der Waals surface area (Å²) in [6.45, 7) is 5.78. The van der Waals surface area contributed by atoms with E-state index in [9.17, 15) is 14.7 Å². The summed E-state index contributed by atoms with van der Waals surface area (Å²) in [5.41, 5.74) is 2.27. The number of carbonyl (C=O) groups excluding carboxylic acids is 1. The van der Waals surface area contributed by atoms with Gasteiger partial charge in [-0.15, -0.1) is 0 Å². The van der Waals surface area contributed by atoms with Crippen LogP contribution in [0.1, 0.15) is 35.7 Å². The largest absolute Gasteiger partial charge is 0.484 e. The number of aryl methyl sites for hydroxylation is 1. The predicted octanol–water partition coefficient (Wildman–Crippen LogP) is 3.95. The third-order valence-corrected chi connectivity index (χ3v) is 4.89. The first kappa shape index (κ1) is 19.7. The quantitative estimate of drug-likeness (QED) is 0.791. The number of piperidine rings is 1. The van der Waals surface area contributed by atoms with E-state index in [1.165, 1.54) is 6.42 Å². The van der Waals surface area contributed by atoms with Crippen LogP contribution in [-0.2, 0) is 4.79 Å². The van der Waals surface area contributed by atoms with Gasteiger partial charge >= 0.3 is 5.97 Å². The van der Waals surface area contributed by atoms with Gasteiger partial charge in [-0.2, -0.15) is 0 Å². The van der Waals surface area contributed by atoms with Gasteiger partial charge < -0.3 is 20.1 Å². The Morgan fingerprint density at radius 2 is 2.07 bits per heavy atom. The Kier molecular flexibility index (Phi) is 6.19. The molecule has 3 rings (SSSR count). The summed E-state index contributed by atoms with van der Waals surface area (Å²) in [5.74, 6) is -0.284. The molecule has 2 aromatic rings. The molecule has 0 saturated carbocycles. The van der Waals surface area contributed by atoms with E-state index >= 15 is 0 Å². The molecule has 0 aliphatic carbocycles. The highest BCUT2D eigenvalue weighted by molar-refractivity contribution is 6.01. The Morgan fingerprint density at radius 1 is 1.25 bits per heavy atom. The first-order chi connectivity index (χ1) is 13.4. The fourth-order valence-electron chi connectivity index (χ4n) is 3.48. The maximum Gasteiger partial charge on any atom is 0.337 e. The van der Waals surface area contributed by atoms with Crippen LogP contribution in [0.2, 0.25) is 0 Å². The molecule has 6 heteroatoms. The van der Waals surface area contributed by atoms with Crippen molar-refractivity contribution >= 4 is 23.3 Å². The van der Waals surface area contributed by atoms with Crippen molar-refractivity contribution in [3.63, 3.8) is 0 Å². The van der Waals surface area contributed by atoms with Crippen molar-refractivity contribution in [2.24, 2.45) is 5.92 Å². The average molecular weight is 382 g/mol. The lowest BCUT2D eigenvalue weighted by Crippen LogP contribution is -2.34. The highest BCUT2D eigenvalue weighted by Crippen LogP contribution is 2.27. The van der Waals surface area contributed by atoms with Crippen LogP contribution in [0.3, 0.4) is 0 Å². The minimum Gasteiger partial charge on any atom is -0.484 e. The Balaban J connectivity index is 1.68. The summed E-state index contributed by atoms with van der Waals surface area (Å²) in [6.07, 6.45) is 2.29. The molecular weight excluding hydrogens is 356 g/mol. The second-order valence-electron chi connectivity index (χ2n) is 7.38. The molecular formula is C22H26N2O4. The maximum atomic E-state index is 12.2. The lowest BCUT2D eigenvalue weighted by Gasteiger charge is -2.33. The number of nitrogens with one attached hydrogen (secondary N) is 1. The molecule has 1 fully saturated rings. The van der Waals surface area contributed by atoms with E-state index < -0.39 is 11.9 Å². The van der Waals surface area contributed by atoms with Gasteiger partial charge in [-0.3, -0.25) is 4.79 Å². The van der Waals surface area contributed by atoms with Crippen LogP contribution in [0.5, 0.6) is 5.75 Å². The van der Waals surface area contributed by atoms with E-state index in [0.29, 0.717) is 11.7 Å². The Labute approximate surface area is 165 Å². The Hall–Kier alpha value is -3.02. The number of rotatable bonds is 6. The second kappa shape index (κ2) is 8.78. The molecule has 6 nitrogen and oxygen atoms in total. The number of carbonyl (C=O) groups is 2. The fourth-order valence-corrected chi connectivity index (χ4v) is 3.48. The summed E-state index contributed by atoms with van der Waals surface area (Å²) in [6, 6.07) is 12.6. The molecule has 1 saturated heterocycles. The van der Waals surface area contributed by atoms with Gasteiger partial charge in [-0.1, -0.05) is 19.1 Å². The monoisotopic (exact) mass is 382 g/mol. The third-order valence-electron chi connectivity index (χ3n) is 4.89. The number of hydrogen-bond donors (Lipinski definition) is 2. The van der Waals surface area contributed by atoms with E-state index in [1.54, 1.807) is 18.2 Å². The van der Waals surface area contributed by atoms with Crippen LogP contribution in [0.15, 0.2) is 42.5 Å². The number of nitrogens with zero attached hydrogens (tertiary/aromatic N) is 1. The number of carboxylic acids is 1. The molecule has 1 amide bonds. The topological polar surface area (TPSA) is 78.9 Å². The van der Waals surface area contributed by atoms with Gasteiger partial charge in [0.15, 0.2) is 6.61 Å². The molecule has 0 aromatic heterocycles. The zero-order chi connectivity index (χ0) is 20.1. The summed E-state index contributed by atoms with van der Waals surface area (Å²) in [5, 5.41) is 12.2. The summed E-state index contributed by atoms with van der Waals surface area (Å²) < 4.78 is 5.48. The highest BCUT2D eigenvalue weighted by Gasteiger charge is 2.20. The van der Waals surface area contributed by atoms with Gasteiger partial charge in [0.25, 0.3) is 5.91 Å². The molecule has 2 aromatic carbocycles. The van der Waals surface area contributed by atoms with Gasteiger partial charge in [-0.05, 0) is 61.6 Å². The average Bonchev–Trinajstić information content (AvgIpc) is 2.66. The summed E-state index contributed by atoms with van der Waals surface area (Å²) >= 11 is 0. The van der Waals surface area contributed by atoms with E-state index in [-0.39, 0.29) is 17.9 Å². The SMILES string of the molecule is Cc1cccc(OCC(=O)Nc2ccc(N3CCC[C@@H](C)C3)cc2C(=O)O)c1. The maximum absolute atomic E-state index is 12.2. The zero-order valence-electron chi connectivity index (χ0n) is 16.3. The van der Waals surface area contributed by atoms with Crippen molar-refractivity contribution in [3.8, 4) is 5.75 Å². The standard InChI is InChI=1S/C22H26N2O4/c1-15-5-3-7-18(11-15)28-14-21(25)23-20-9-8-17(12-19(20)22(26)27)24-10-4-6-16(2)13-24/h3,5,7-9,11-12,16H,4,6,10,13-14H2,1-2H3,(H,23,25)(H,26,27)/t16-/m1/s1. The molecule has 1 atom stereocenters. The lowest BCUT2D eigenvalue weighted by molar-refractivity contribution is -0.118. The summed E-state index contributed by atoms with van der Waals surface area (Å²) in [4.78, 5) is 26.2. The van der Waals surface area contributed by atoms with E-state index in [0.717, 1.165) is 30.8 Å². The van der Waals surface area contributed by atoms with Crippen molar-refractivity contribution in [2.75, 3.05) is 29.9 Å². The number of ether oxygens (including phenoxy) is 1. The first-order valence-electron chi connectivity index (χ1n) is 9.54. The van der Waals surface area contributed by atoms with E-state index in [1.807, 2.05) is 31.2 Å². The number of anilines is 2. The molecule has 1 aliphatic heterocycles. The van der Waals surface area contributed by atoms with E-state index in [4.69, 9.17) is 4.74 Å². The number of amides is 1. The van der Waals surface area contributed by atoms with Crippen molar-refractivity contribution in [3.05, 3.63) is 53.6 Å². The molecule has 1 heterocycles. The normalized spacial score (nSPS) is 16.5. The van der Waals surface area contributed by atoms with E-state index in [2.05, 4.69) is 17.1 Å². The molecule has 2 N–H and O–H groups in total. The minimum atomic E-state index is -1.07. The van der Waals surface area contributed by atoms with Crippen molar-refractivity contribution < 1.29 is 19.4 Å². The van der Waals surface area contributed by atoms with Crippen LogP contribution < -0.4 is 15.0 Å². The predicted molar refractivity (Wildman–Crippen MR) is 109 cm³/mol. The minimum absolute atomic E-state index is 0.0830. The smallest absolute Gasteiger partial charge is 0.337 e. The van der Waals surface area contributed by atoms with Gasteiger partial charge in [0.05, 0.1) is 11.3 Å². The Bertz CT molecular complexity index is 865. The van der Waals surface area contributed by atoms with Crippen LogP contribution in [0.25, 0.3) is 0 Å². The highest BCUT2D eigenvalue weighted by atomic mass is 16.5. The van der Waals surface area contributed by atoms with Crippen LogP contribution in [0.4, 0.5) is 11.4 Å². The number of aromatic carboxylic acids is 1. The van der Waals surface area contributed by atoms with Crippen LogP contribution in [-0.4, -0.2) is 36.7 Å². The molecule has 0 spiro atoms. The summed E-state index contributed by atoms with van der Waals surface area (Å²) in [7, 11) is 0. The number of carboxylic acid groups (broad SMARTS) is 1. The second-order valence-corrected chi connectivity index (χ2v) is 7.38. The first-order valence-corrected chi connectivity index (χ1v) is 9.54. The fraction of sp³-hybridized carbons (Fsp3) is 0.364. The van der Waals surface area contributed by atoms with Gasteiger partial charge in [0.1, 0.15) is 5.75 Å². The van der Waals surface area contributed by atoms with Crippen LogP contribution in [0, 0.1) is 12.8 Å². The van der Waals surface area contributed by atoms with Crippen molar-refractivity contribution in [1.29, 1.82) is 0 Å². The van der Waals surface area contributed by atoms with Gasteiger partial charge in [0.2, 0.25) is 0 Å². The number of benzene rings is 2. The molecule has 0 bridgehead atoms. The lowest BCUT2D eigenvalue weighted by atomic mass is 9.99. The molecule has 1 aliphatic rings. The molecule has 28 heavy (non-hydrogen) atoms. The molecule has 0 radical (unpaired) electrons. The third kappa shape index (κ3) is 5.03. The van der Waals surface area contributed by atoms with Gasteiger partial charge in [-0.25, -0.2) is 4.79 Å². The van der Waals surface area contributed by atoms with Crippen molar-refractivity contribution in [2.45, 2.75) is 26.7 Å². The van der Waals surface area contributed by atoms with Crippen molar-refractivity contribution in [1.82, 2.24) is 0 Å². The Morgan fingerprint density at radius 3 is 2.79 bits per heavy atom. The number of hydrogen-bond acceptors (Lipinski definition) is 4. The molecule has 0 unspecified atom stereocenters. The molecule has 148 valence electrons. The zero-order valence-corrected chi connectivity index (χ0v) is 16.3.